The van der Waals surface area contributed by atoms with E-state index in [-0.39, 0.29) is 5.91 Å². The number of aryl methyl sites for hydroxylation is 1. The summed E-state index contributed by atoms with van der Waals surface area (Å²) in [5.41, 5.74) is 6.26. The standard InChI is InChI=1S/C31H32N4O5/c1-19-24(31(38)32-13-11-20-16-33-26-9-7-23(15-25(20)26)40-18-28(36)37)8-10-27-29(19)34-30(21-12-14-39-17-21)35(27)22-5-3-2-4-6-22/h7-10,12,14-17,22,33H,2-6,11,13,18H2,1H3,(H,32,38)(H,36,37). The number of amides is 1. The number of carbonyl (C=O) groups is 2. The molecule has 1 fully saturated rings. The molecule has 0 unspecified atom stereocenters. The Morgan fingerprint density at radius 2 is 2.02 bits per heavy atom. The van der Waals surface area contributed by atoms with Crippen LogP contribution in [0.25, 0.3) is 33.3 Å². The summed E-state index contributed by atoms with van der Waals surface area (Å²) in [4.78, 5) is 32.4. The van der Waals surface area contributed by atoms with Crippen LogP contribution in [0.2, 0.25) is 0 Å². The summed E-state index contributed by atoms with van der Waals surface area (Å²) in [6.07, 6.45) is 11.9. The van der Waals surface area contributed by atoms with Gasteiger partial charge in [0.15, 0.2) is 6.61 Å². The van der Waals surface area contributed by atoms with E-state index in [0.29, 0.717) is 30.3 Å². The van der Waals surface area contributed by atoms with Crippen LogP contribution in [0.5, 0.6) is 5.75 Å². The number of aromatic nitrogens is 3. The lowest BCUT2D eigenvalue weighted by atomic mass is 9.94. The minimum absolute atomic E-state index is 0.137. The van der Waals surface area contributed by atoms with Crippen LogP contribution in [0.3, 0.4) is 0 Å². The Kier molecular flexibility index (Phi) is 7.02. The summed E-state index contributed by atoms with van der Waals surface area (Å²) in [7, 11) is 0. The van der Waals surface area contributed by atoms with Gasteiger partial charge in [-0.05, 0) is 73.7 Å². The highest BCUT2D eigenvalue weighted by molar-refractivity contribution is 6.00. The van der Waals surface area contributed by atoms with Gasteiger partial charge in [-0.1, -0.05) is 19.3 Å². The first-order valence-corrected chi connectivity index (χ1v) is 13.8. The van der Waals surface area contributed by atoms with Gasteiger partial charge >= 0.3 is 5.97 Å². The van der Waals surface area contributed by atoms with E-state index in [0.717, 1.165) is 57.3 Å². The molecule has 0 saturated heterocycles. The molecule has 9 nitrogen and oxygen atoms in total. The van der Waals surface area contributed by atoms with Crippen molar-refractivity contribution in [3.8, 4) is 17.1 Å². The minimum atomic E-state index is -1.02. The average molecular weight is 541 g/mol. The number of H-pyrrole nitrogens is 1. The lowest BCUT2D eigenvalue weighted by molar-refractivity contribution is -0.139. The number of imidazole rings is 1. The predicted octanol–water partition coefficient (Wildman–Crippen LogP) is 6.03. The number of hydrogen-bond donors (Lipinski definition) is 3. The van der Waals surface area contributed by atoms with E-state index in [2.05, 4.69) is 14.9 Å². The highest BCUT2D eigenvalue weighted by atomic mass is 16.5. The largest absolute Gasteiger partial charge is 0.482 e. The van der Waals surface area contributed by atoms with Crippen molar-refractivity contribution < 1.29 is 23.8 Å². The van der Waals surface area contributed by atoms with Crippen LogP contribution in [0.15, 0.2) is 59.5 Å². The molecule has 1 aliphatic carbocycles. The molecule has 2 aromatic carbocycles. The molecule has 3 aromatic heterocycles. The fraction of sp³-hybridized carbons (Fsp3) is 0.323. The highest BCUT2D eigenvalue weighted by Crippen LogP contribution is 2.37. The normalized spacial score (nSPS) is 14.1. The van der Waals surface area contributed by atoms with E-state index in [1.54, 1.807) is 18.6 Å². The van der Waals surface area contributed by atoms with Gasteiger partial charge in [-0.2, -0.15) is 0 Å². The summed E-state index contributed by atoms with van der Waals surface area (Å²) in [5, 5.41) is 12.9. The summed E-state index contributed by atoms with van der Waals surface area (Å²) < 4.78 is 13.1. The second-order valence-corrected chi connectivity index (χ2v) is 10.4. The predicted molar refractivity (Wildman–Crippen MR) is 152 cm³/mol. The van der Waals surface area contributed by atoms with E-state index in [9.17, 15) is 9.59 Å². The van der Waals surface area contributed by atoms with Crippen molar-refractivity contribution in [3.63, 3.8) is 0 Å². The highest BCUT2D eigenvalue weighted by Gasteiger charge is 2.25. The smallest absolute Gasteiger partial charge is 0.341 e. The molecular weight excluding hydrogens is 508 g/mol. The van der Waals surface area contributed by atoms with Crippen LogP contribution >= 0.6 is 0 Å². The maximum absolute atomic E-state index is 13.3. The topological polar surface area (TPSA) is 122 Å². The van der Waals surface area contributed by atoms with E-state index in [4.69, 9.17) is 19.2 Å². The number of hydrogen-bond acceptors (Lipinski definition) is 5. The Labute approximate surface area is 231 Å². The molecule has 9 heteroatoms. The molecule has 1 aliphatic rings. The van der Waals surface area contributed by atoms with Gasteiger partial charge in [0.25, 0.3) is 5.91 Å². The zero-order valence-corrected chi connectivity index (χ0v) is 22.4. The first-order chi connectivity index (χ1) is 19.5. The summed E-state index contributed by atoms with van der Waals surface area (Å²) in [5.74, 6) is 0.222. The third-order valence-corrected chi connectivity index (χ3v) is 7.86. The van der Waals surface area contributed by atoms with Gasteiger partial charge in [0.2, 0.25) is 0 Å². The van der Waals surface area contributed by atoms with Crippen LogP contribution in [0.1, 0.15) is 59.6 Å². The van der Waals surface area contributed by atoms with Crippen molar-refractivity contribution in [2.45, 2.75) is 51.5 Å². The van der Waals surface area contributed by atoms with E-state index in [1.165, 1.54) is 19.3 Å². The van der Waals surface area contributed by atoms with Crippen LogP contribution in [-0.4, -0.2) is 44.7 Å². The van der Waals surface area contributed by atoms with Crippen molar-refractivity contribution in [2.75, 3.05) is 13.2 Å². The second-order valence-electron chi connectivity index (χ2n) is 10.4. The van der Waals surface area contributed by atoms with Crippen molar-refractivity contribution in [1.82, 2.24) is 19.9 Å². The number of carboxylic acids is 1. The number of nitrogens with one attached hydrogen (secondary N) is 2. The zero-order valence-electron chi connectivity index (χ0n) is 22.4. The van der Waals surface area contributed by atoms with Crippen molar-refractivity contribution in [3.05, 3.63) is 71.8 Å². The molecule has 3 heterocycles. The Morgan fingerprint density at radius 3 is 2.80 bits per heavy atom. The minimum Gasteiger partial charge on any atom is -0.482 e. The number of rotatable bonds is 9. The van der Waals surface area contributed by atoms with E-state index >= 15 is 0 Å². The monoisotopic (exact) mass is 540 g/mol. The third-order valence-electron chi connectivity index (χ3n) is 7.86. The maximum Gasteiger partial charge on any atom is 0.341 e. The number of fused-ring (bicyclic) bond motifs is 2. The molecule has 40 heavy (non-hydrogen) atoms. The number of nitrogens with zero attached hydrogens (tertiary/aromatic N) is 2. The lowest BCUT2D eigenvalue weighted by Crippen LogP contribution is -2.26. The molecular formula is C31H32N4O5. The number of carbonyl (C=O) groups excluding carboxylic acids is 1. The summed E-state index contributed by atoms with van der Waals surface area (Å²) in [6.45, 7) is 2.01. The SMILES string of the molecule is Cc1c(C(=O)NCCc2c[nH]c3ccc(OCC(=O)O)cc23)ccc2c1nc(-c1ccoc1)n2C1CCCCC1. The van der Waals surface area contributed by atoms with Gasteiger partial charge < -0.3 is 29.1 Å². The molecule has 1 amide bonds. The molecule has 0 atom stereocenters. The maximum atomic E-state index is 13.3. The van der Waals surface area contributed by atoms with Crippen LogP contribution in [0.4, 0.5) is 0 Å². The molecule has 1 saturated carbocycles. The molecule has 0 radical (unpaired) electrons. The van der Waals surface area contributed by atoms with Crippen LogP contribution < -0.4 is 10.1 Å². The van der Waals surface area contributed by atoms with Crippen molar-refractivity contribution >= 4 is 33.8 Å². The number of furan rings is 1. The number of aliphatic carboxylic acids is 1. The fourth-order valence-electron chi connectivity index (χ4n) is 5.85. The quantitative estimate of drug-likeness (QED) is 0.210. The molecule has 3 N–H and O–H groups in total. The van der Waals surface area contributed by atoms with Crippen molar-refractivity contribution in [2.24, 2.45) is 0 Å². The fourth-order valence-corrected chi connectivity index (χ4v) is 5.85. The van der Waals surface area contributed by atoms with Crippen LogP contribution in [-0.2, 0) is 11.2 Å². The molecule has 0 bridgehead atoms. The first kappa shape index (κ1) is 25.7. The number of benzene rings is 2. The Bertz CT molecular complexity index is 1680. The molecule has 0 spiro atoms. The summed E-state index contributed by atoms with van der Waals surface area (Å²) >= 11 is 0. The first-order valence-electron chi connectivity index (χ1n) is 13.8. The van der Waals surface area contributed by atoms with Gasteiger partial charge in [0.1, 0.15) is 17.8 Å². The van der Waals surface area contributed by atoms with Gasteiger partial charge in [0, 0.05) is 35.2 Å². The van der Waals surface area contributed by atoms with E-state index < -0.39 is 12.6 Å². The number of ether oxygens (including phenoxy) is 1. The van der Waals surface area contributed by atoms with Gasteiger partial charge in [-0.15, -0.1) is 0 Å². The lowest BCUT2D eigenvalue weighted by Gasteiger charge is -2.25. The number of aromatic amines is 1. The van der Waals surface area contributed by atoms with Crippen molar-refractivity contribution in [1.29, 1.82) is 0 Å². The van der Waals surface area contributed by atoms with Gasteiger partial charge in [-0.25, -0.2) is 9.78 Å². The van der Waals surface area contributed by atoms with Crippen LogP contribution in [0, 0.1) is 6.92 Å². The molecule has 0 aliphatic heterocycles. The van der Waals surface area contributed by atoms with Gasteiger partial charge in [0.05, 0.1) is 22.9 Å². The Hall–Kier alpha value is -4.53. The third kappa shape index (κ3) is 4.95. The Balaban J connectivity index is 1.21. The zero-order chi connectivity index (χ0) is 27.6. The van der Waals surface area contributed by atoms with E-state index in [1.807, 2.05) is 43.5 Å². The molecule has 5 aromatic rings. The Morgan fingerprint density at radius 1 is 1.18 bits per heavy atom. The summed E-state index contributed by atoms with van der Waals surface area (Å²) in [6, 6.07) is 11.7. The second kappa shape index (κ2) is 10.9. The molecule has 206 valence electrons. The molecule has 6 rings (SSSR count). The average Bonchev–Trinajstić information content (AvgIpc) is 3.71. The number of carboxylic acid groups (broad SMARTS) is 1. The van der Waals surface area contributed by atoms with Gasteiger partial charge in [-0.3, -0.25) is 4.79 Å².